The second kappa shape index (κ2) is 13.6. The number of rotatable bonds is 9. The van der Waals surface area contributed by atoms with Gasteiger partial charge in [-0.1, -0.05) is 18.2 Å². The lowest BCUT2D eigenvalue weighted by atomic mass is 9.98. The topological polar surface area (TPSA) is 110 Å². The van der Waals surface area contributed by atoms with Crippen molar-refractivity contribution in [2.75, 3.05) is 50.1 Å². The lowest BCUT2D eigenvalue weighted by Crippen LogP contribution is -2.35. The SMILES string of the molecule is CCOCc1cc(-c2ccc(N3CCC(C#N)CC3)nc2)c(C(=N)OC2CCN(C)CC2)c(Nc2ccccc2)n1. The first-order chi connectivity index (χ1) is 20.0. The molecular weight excluding hydrogens is 514 g/mol. The highest BCUT2D eigenvalue weighted by molar-refractivity contribution is 6.04. The summed E-state index contributed by atoms with van der Waals surface area (Å²) >= 11 is 0. The van der Waals surface area contributed by atoms with Crippen molar-refractivity contribution in [1.29, 1.82) is 10.7 Å². The Kier molecular flexibility index (Phi) is 9.44. The number of anilines is 3. The van der Waals surface area contributed by atoms with Gasteiger partial charge in [-0.3, -0.25) is 5.41 Å². The van der Waals surface area contributed by atoms with Gasteiger partial charge < -0.3 is 24.6 Å². The summed E-state index contributed by atoms with van der Waals surface area (Å²) < 4.78 is 12.1. The maximum atomic E-state index is 9.26. The average molecular weight is 554 g/mol. The standard InChI is InChI=1S/C32H39N7O2/c1-3-40-22-26-19-28(24-9-10-29(35-21-24)39-17-11-23(20-33)12-18-39)30(31(34)41-27-13-15-38(2)16-14-27)32(37-26)36-25-7-5-4-6-8-25/h4-10,19,21,23,27,34H,3,11-18,22H2,1-2H3,(H,36,37). The molecule has 2 saturated heterocycles. The van der Waals surface area contributed by atoms with Crippen LogP contribution in [-0.4, -0.2) is 66.7 Å². The minimum absolute atomic E-state index is 0.0175. The second-order valence-corrected chi connectivity index (χ2v) is 10.8. The van der Waals surface area contributed by atoms with Gasteiger partial charge in [0.05, 0.1) is 23.9 Å². The number of nitrogens with zero attached hydrogens (tertiary/aromatic N) is 5. The molecule has 9 nitrogen and oxygen atoms in total. The molecule has 2 fully saturated rings. The molecule has 41 heavy (non-hydrogen) atoms. The van der Waals surface area contributed by atoms with E-state index in [2.05, 4.69) is 34.3 Å². The highest BCUT2D eigenvalue weighted by Gasteiger charge is 2.25. The lowest BCUT2D eigenvalue weighted by molar-refractivity contribution is 0.104. The molecule has 4 heterocycles. The van der Waals surface area contributed by atoms with E-state index in [9.17, 15) is 5.26 Å². The Morgan fingerprint density at radius 3 is 2.49 bits per heavy atom. The van der Waals surface area contributed by atoms with Gasteiger partial charge in [0.25, 0.3) is 0 Å². The van der Waals surface area contributed by atoms with E-state index in [0.29, 0.717) is 24.6 Å². The molecule has 0 saturated carbocycles. The van der Waals surface area contributed by atoms with Gasteiger partial charge in [0.1, 0.15) is 17.7 Å². The van der Waals surface area contributed by atoms with Crippen LogP contribution in [0.25, 0.3) is 11.1 Å². The van der Waals surface area contributed by atoms with E-state index in [1.165, 1.54) is 0 Å². The van der Waals surface area contributed by atoms with Crippen LogP contribution in [0.4, 0.5) is 17.3 Å². The summed E-state index contributed by atoms with van der Waals surface area (Å²) in [6.45, 7) is 6.44. The van der Waals surface area contributed by atoms with Crippen molar-refractivity contribution >= 4 is 23.2 Å². The van der Waals surface area contributed by atoms with Crippen LogP contribution in [0.1, 0.15) is 43.9 Å². The van der Waals surface area contributed by atoms with Crippen LogP contribution in [0.2, 0.25) is 0 Å². The Morgan fingerprint density at radius 2 is 1.83 bits per heavy atom. The van der Waals surface area contributed by atoms with Crippen LogP contribution < -0.4 is 10.2 Å². The third-order valence-electron chi connectivity index (χ3n) is 7.80. The molecule has 2 aromatic heterocycles. The molecule has 0 aliphatic carbocycles. The summed E-state index contributed by atoms with van der Waals surface area (Å²) in [7, 11) is 2.12. The Morgan fingerprint density at radius 1 is 1.07 bits per heavy atom. The zero-order chi connectivity index (χ0) is 28.6. The van der Waals surface area contributed by atoms with Crippen molar-refractivity contribution in [3.05, 3.63) is 66.0 Å². The van der Waals surface area contributed by atoms with Gasteiger partial charge in [-0.2, -0.15) is 5.26 Å². The van der Waals surface area contributed by atoms with Gasteiger partial charge in [0.2, 0.25) is 5.90 Å². The molecular formula is C32H39N7O2. The molecule has 0 unspecified atom stereocenters. The molecule has 5 rings (SSSR count). The van der Waals surface area contributed by atoms with E-state index in [-0.39, 0.29) is 17.9 Å². The van der Waals surface area contributed by atoms with Crippen LogP contribution in [-0.2, 0) is 16.1 Å². The molecule has 1 aromatic carbocycles. The van der Waals surface area contributed by atoms with E-state index in [1.807, 2.05) is 55.6 Å². The smallest absolute Gasteiger partial charge is 0.217 e. The van der Waals surface area contributed by atoms with Crippen molar-refractivity contribution in [2.45, 2.75) is 45.3 Å². The van der Waals surface area contributed by atoms with E-state index < -0.39 is 0 Å². The number of likely N-dealkylation sites (tertiary alicyclic amines) is 1. The minimum Gasteiger partial charge on any atom is -0.474 e. The summed E-state index contributed by atoms with van der Waals surface area (Å²) in [4.78, 5) is 14.2. The predicted molar refractivity (Wildman–Crippen MR) is 162 cm³/mol. The number of nitriles is 1. The molecule has 2 aliphatic heterocycles. The quantitative estimate of drug-likeness (QED) is 0.260. The minimum atomic E-state index is -0.0175. The van der Waals surface area contributed by atoms with Gasteiger partial charge in [0, 0.05) is 61.7 Å². The first-order valence-electron chi connectivity index (χ1n) is 14.5. The fourth-order valence-corrected chi connectivity index (χ4v) is 5.38. The number of benzene rings is 1. The van der Waals surface area contributed by atoms with E-state index >= 15 is 0 Å². The van der Waals surface area contributed by atoms with Gasteiger partial charge in [0.15, 0.2) is 0 Å². The van der Waals surface area contributed by atoms with Crippen LogP contribution >= 0.6 is 0 Å². The van der Waals surface area contributed by atoms with Gasteiger partial charge in [-0.25, -0.2) is 9.97 Å². The Hall–Kier alpha value is -4.00. The molecule has 3 aromatic rings. The number of para-hydroxylation sites is 1. The molecule has 0 radical (unpaired) electrons. The van der Waals surface area contributed by atoms with Gasteiger partial charge in [-0.05, 0) is 70.0 Å². The first-order valence-corrected chi connectivity index (χ1v) is 14.5. The Bertz CT molecular complexity index is 1340. The summed E-state index contributed by atoms with van der Waals surface area (Å²) in [6.07, 6.45) is 5.32. The Balaban J connectivity index is 1.51. The molecule has 214 valence electrons. The Labute approximate surface area is 242 Å². The van der Waals surface area contributed by atoms with E-state index in [4.69, 9.17) is 24.9 Å². The number of hydrogen-bond acceptors (Lipinski definition) is 9. The molecule has 2 aliphatic rings. The van der Waals surface area contributed by atoms with Crippen LogP contribution in [0, 0.1) is 22.7 Å². The van der Waals surface area contributed by atoms with Crippen LogP contribution in [0.3, 0.4) is 0 Å². The third kappa shape index (κ3) is 7.20. The molecule has 0 amide bonds. The monoisotopic (exact) mass is 553 g/mol. The first kappa shape index (κ1) is 28.5. The number of piperidine rings is 2. The average Bonchev–Trinajstić information content (AvgIpc) is 3.01. The number of ether oxygens (including phenoxy) is 2. The number of nitrogens with one attached hydrogen (secondary N) is 2. The summed E-state index contributed by atoms with van der Waals surface area (Å²) in [6, 6.07) is 18.3. The largest absolute Gasteiger partial charge is 0.474 e. The van der Waals surface area contributed by atoms with Crippen molar-refractivity contribution in [1.82, 2.24) is 14.9 Å². The third-order valence-corrected chi connectivity index (χ3v) is 7.80. The number of aromatic nitrogens is 2. The summed E-state index contributed by atoms with van der Waals surface area (Å²) in [5, 5.41) is 21.9. The molecule has 9 heteroatoms. The van der Waals surface area contributed by atoms with Crippen LogP contribution in [0.15, 0.2) is 54.7 Å². The fraction of sp³-hybridized carbons (Fsp3) is 0.438. The maximum Gasteiger partial charge on any atom is 0.217 e. The zero-order valence-corrected chi connectivity index (χ0v) is 24.0. The number of hydrogen-bond donors (Lipinski definition) is 2. The molecule has 0 spiro atoms. The van der Waals surface area contributed by atoms with Crippen LogP contribution in [0.5, 0.6) is 0 Å². The van der Waals surface area contributed by atoms with E-state index in [1.54, 1.807) is 0 Å². The zero-order valence-electron chi connectivity index (χ0n) is 24.0. The lowest BCUT2D eigenvalue weighted by Gasteiger charge is -2.30. The normalized spacial score (nSPS) is 16.8. The fourth-order valence-electron chi connectivity index (χ4n) is 5.38. The highest BCUT2D eigenvalue weighted by atomic mass is 16.5. The van der Waals surface area contributed by atoms with E-state index in [0.717, 1.165) is 80.2 Å². The second-order valence-electron chi connectivity index (χ2n) is 10.8. The molecule has 0 atom stereocenters. The predicted octanol–water partition coefficient (Wildman–Crippen LogP) is 5.60. The highest BCUT2D eigenvalue weighted by Crippen LogP contribution is 2.33. The molecule has 2 N–H and O–H groups in total. The number of pyridine rings is 2. The maximum absolute atomic E-state index is 9.26. The van der Waals surface area contributed by atoms with Crippen molar-refractivity contribution in [3.63, 3.8) is 0 Å². The van der Waals surface area contributed by atoms with Crippen molar-refractivity contribution < 1.29 is 9.47 Å². The van der Waals surface area contributed by atoms with Gasteiger partial charge in [-0.15, -0.1) is 0 Å². The summed E-state index contributed by atoms with van der Waals surface area (Å²) in [5.41, 5.74) is 3.95. The van der Waals surface area contributed by atoms with Crippen molar-refractivity contribution in [2.24, 2.45) is 5.92 Å². The summed E-state index contributed by atoms with van der Waals surface area (Å²) in [5.74, 6) is 1.69. The molecule has 0 bridgehead atoms. The van der Waals surface area contributed by atoms with Crippen molar-refractivity contribution in [3.8, 4) is 17.2 Å². The van der Waals surface area contributed by atoms with Gasteiger partial charge >= 0.3 is 0 Å².